The van der Waals surface area contributed by atoms with E-state index in [0.717, 1.165) is 10.4 Å². The number of benzene rings is 2. The highest BCUT2D eigenvalue weighted by Crippen LogP contribution is 2.16. The standard InChI is InChI=1S/C20H17N3O3S2/c21-11-10-15-6-8-17(9-7-15)23-20(24)16-3-1-5-19(13-16)28(25,26)22-14-18-4-2-12-27-18/h1-9,12-13,22H,10,14H2,(H,23,24). The maximum absolute atomic E-state index is 12.5. The number of nitrogens with one attached hydrogen (secondary N) is 2. The molecule has 6 nitrogen and oxygen atoms in total. The highest BCUT2D eigenvalue weighted by molar-refractivity contribution is 7.89. The fourth-order valence-electron chi connectivity index (χ4n) is 2.47. The Labute approximate surface area is 167 Å². The van der Waals surface area contributed by atoms with Crippen molar-refractivity contribution in [2.45, 2.75) is 17.9 Å². The highest BCUT2D eigenvalue weighted by atomic mass is 32.2. The number of hydrogen-bond donors (Lipinski definition) is 2. The molecule has 3 rings (SSSR count). The lowest BCUT2D eigenvalue weighted by Crippen LogP contribution is -2.23. The number of sulfonamides is 1. The first-order chi connectivity index (χ1) is 13.5. The van der Waals surface area contributed by atoms with Gasteiger partial charge in [0, 0.05) is 22.7 Å². The first-order valence-corrected chi connectivity index (χ1v) is 10.7. The monoisotopic (exact) mass is 411 g/mol. The SMILES string of the molecule is N#CCc1ccc(NC(=O)c2cccc(S(=O)(=O)NCc3cccs3)c2)cc1. The van der Waals surface area contributed by atoms with Gasteiger partial charge in [0.25, 0.3) is 5.91 Å². The molecule has 0 aliphatic rings. The molecular formula is C20H17N3O3S2. The van der Waals surface area contributed by atoms with Crippen molar-refractivity contribution in [2.75, 3.05) is 5.32 Å². The fourth-order valence-corrected chi connectivity index (χ4v) is 4.26. The van der Waals surface area contributed by atoms with Crippen molar-refractivity contribution in [2.24, 2.45) is 0 Å². The molecule has 0 aliphatic carbocycles. The third kappa shape index (κ3) is 5.04. The average molecular weight is 412 g/mol. The fraction of sp³-hybridized carbons (Fsp3) is 0.100. The third-order valence-corrected chi connectivity index (χ3v) is 6.19. The Bertz CT molecular complexity index is 1100. The van der Waals surface area contributed by atoms with Crippen LogP contribution in [-0.2, 0) is 23.0 Å². The van der Waals surface area contributed by atoms with Crippen LogP contribution in [0, 0.1) is 11.3 Å². The second kappa shape index (κ2) is 8.80. The minimum Gasteiger partial charge on any atom is -0.322 e. The van der Waals surface area contributed by atoms with Crippen LogP contribution in [0.1, 0.15) is 20.8 Å². The van der Waals surface area contributed by atoms with E-state index in [1.807, 2.05) is 17.5 Å². The molecule has 0 fully saturated rings. The lowest BCUT2D eigenvalue weighted by Gasteiger charge is -2.09. The molecule has 0 saturated carbocycles. The minimum absolute atomic E-state index is 0.0288. The maximum atomic E-state index is 12.5. The smallest absolute Gasteiger partial charge is 0.255 e. The number of thiophene rings is 1. The topological polar surface area (TPSA) is 99.1 Å². The van der Waals surface area contributed by atoms with E-state index in [1.54, 1.807) is 30.3 Å². The van der Waals surface area contributed by atoms with Gasteiger partial charge < -0.3 is 5.32 Å². The molecule has 28 heavy (non-hydrogen) atoms. The van der Waals surface area contributed by atoms with Gasteiger partial charge in [-0.3, -0.25) is 4.79 Å². The van der Waals surface area contributed by atoms with Crippen LogP contribution < -0.4 is 10.0 Å². The summed E-state index contributed by atoms with van der Waals surface area (Å²) < 4.78 is 27.5. The Kier molecular flexibility index (Phi) is 6.21. The van der Waals surface area contributed by atoms with Gasteiger partial charge in [0.2, 0.25) is 10.0 Å². The second-order valence-electron chi connectivity index (χ2n) is 5.92. The zero-order valence-electron chi connectivity index (χ0n) is 14.8. The summed E-state index contributed by atoms with van der Waals surface area (Å²) in [6, 6.07) is 18.6. The Hall–Kier alpha value is -2.99. The molecule has 0 atom stereocenters. The van der Waals surface area contributed by atoms with E-state index in [0.29, 0.717) is 12.1 Å². The molecule has 142 valence electrons. The summed E-state index contributed by atoms with van der Waals surface area (Å²) in [6.07, 6.45) is 0.298. The quantitative estimate of drug-likeness (QED) is 0.621. The van der Waals surface area contributed by atoms with Crippen LogP contribution >= 0.6 is 11.3 Å². The van der Waals surface area contributed by atoms with Crippen molar-refractivity contribution in [3.05, 3.63) is 82.0 Å². The zero-order valence-corrected chi connectivity index (χ0v) is 16.4. The first-order valence-electron chi connectivity index (χ1n) is 8.37. The maximum Gasteiger partial charge on any atom is 0.255 e. The van der Waals surface area contributed by atoms with E-state index in [9.17, 15) is 13.2 Å². The van der Waals surface area contributed by atoms with Gasteiger partial charge in [0.15, 0.2) is 0 Å². The van der Waals surface area contributed by atoms with Gasteiger partial charge in [-0.15, -0.1) is 11.3 Å². The largest absolute Gasteiger partial charge is 0.322 e. The highest BCUT2D eigenvalue weighted by Gasteiger charge is 2.16. The first kappa shape index (κ1) is 19.8. The van der Waals surface area contributed by atoms with Crippen molar-refractivity contribution in [3.8, 4) is 6.07 Å². The van der Waals surface area contributed by atoms with Gasteiger partial charge in [0.1, 0.15) is 0 Å². The van der Waals surface area contributed by atoms with Crippen LogP contribution in [0.5, 0.6) is 0 Å². The van der Waals surface area contributed by atoms with Gasteiger partial charge in [-0.25, -0.2) is 13.1 Å². The molecule has 2 N–H and O–H groups in total. The van der Waals surface area contributed by atoms with Crippen molar-refractivity contribution in [1.82, 2.24) is 4.72 Å². The van der Waals surface area contributed by atoms with Crippen LogP contribution in [-0.4, -0.2) is 14.3 Å². The summed E-state index contributed by atoms with van der Waals surface area (Å²) in [7, 11) is -3.73. The lowest BCUT2D eigenvalue weighted by molar-refractivity contribution is 0.102. The van der Waals surface area contributed by atoms with Crippen molar-refractivity contribution < 1.29 is 13.2 Å². The molecule has 2 aromatic carbocycles. The van der Waals surface area contributed by atoms with E-state index in [4.69, 9.17) is 5.26 Å². The van der Waals surface area contributed by atoms with Gasteiger partial charge in [-0.05, 0) is 47.3 Å². The molecule has 0 radical (unpaired) electrons. The minimum atomic E-state index is -3.73. The predicted molar refractivity (Wildman–Crippen MR) is 108 cm³/mol. The Morgan fingerprint density at radius 2 is 1.86 bits per heavy atom. The Morgan fingerprint density at radius 3 is 2.54 bits per heavy atom. The van der Waals surface area contributed by atoms with Crippen molar-refractivity contribution in [3.63, 3.8) is 0 Å². The number of rotatable bonds is 7. The summed E-state index contributed by atoms with van der Waals surface area (Å²) in [4.78, 5) is 13.4. The molecule has 1 amide bonds. The number of hydrogen-bond acceptors (Lipinski definition) is 5. The molecule has 0 bridgehead atoms. The van der Waals surface area contributed by atoms with Gasteiger partial charge in [0.05, 0.1) is 17.4 Å². The van der Waals surface area contributed by atoms with Crippen LogP contribution in [0.25, 0.3) is 0 Å². The van der Waals surface area contributed by atoms with E-state index in [1.165, 1.54) is 29.5 Å². The van der Waals surface area contributed by atoms with E-state index in [-0.39, 0.29) is 17.0 Å². The van der Waals surface area contributed by atoms with Crippen molar-refractivity contribution in [1.29, 1.82) is 5.26 Å². The van der Waals surface area contributed by atoms with Gasteiger partial charge in [-0.2, -0.15) is 5.26 Å². The van der Waals surface area contributed by atoms with E-state index < -0.39 is 15.9 Å². The molecule has 1 aromatic heterocycles. The van der Waals surface area contributed by atoms with Crippen LogP contribution in [0.4, 0.5) is 5.69 Å². The Morgan fingerprint density at radius 1 is 1.07 bits per heavy atom. The third-order valence-electron chi connectivity index (χ3n) is 3.92. The number of carbonyl (C=O) groups is 1. The molecule has 0 unspecified atom stereocenters. The normalized spacial score (nSPS) is 11.0. The number of anilines is 1. The summed E-state index contributed by atoms with van der Waals surface area (Å²) in [5.74, 6) is -0.414. The van der Waals surface area contributed by atoms with Crippen LogP contribution in [0.15, 0.2) is 70.9 Å². The summed E-state index contributed by atoms with van der Waals surface area (Å²) >= 11 is 1.46. The molecular weight excluding hydrogens is 394 g/mol. The summed E-state index contributed by atoms with van der Waals surface area (Å²) in [6.45, 7) is 0.200. The van der Waals surface area contributed by atoms with E-state index >= 15 is 0 Å². The summed E-state index contributed by atoms with van der Waals surface area (Å²) in [5.41, 5.74) is 1.65. The number of nitrogens with zero attached hydrogens (tertiary/aromatic N) is 1. The molecule has 3 aromatic rings. The van der Waals surface area contributed by atoms with Crippen LogP contribution in [0.2, 0.25) is 0 Å². The average Bonchev–Trinajstić information content (AvgIpc) is 3.22. The lowest BCUT2D eigenvalue weighted by atomic mass is 10.1. The van der Waals surface area contributed by atoms with Crippen molar-refractivity contribution >= 4 is 33.0 Å². The molecule has 0 saturated heterocycles. The Balaban J connectivity index is 1.71. The van der Waals surface area contributed by atoms with Gasteiger partial charge >= 0.3 is 0 Å². The second-order valence-corrected chi connectivity index (χ2v) is 8.72. The molecule has 0 aliphatic heterocycles. The molecule has 8 heteroatoms. The number of amides is 1. The number of nitriles is 1. The predicted octanol–water partition coefficient (Wildman–Crippen LogP) is 3.54. The van der Waals surface area contributed by atoms with Crippen LogP contribution in [0.3, 0.4) is 0 Å². The summed E-state index contributed by atoms with van der Waals surface area (Å²) in [5, 5.41) is 13.3. The van der Waals surface area contributed by atoms with E-state index in [2.05, 4.69) is 16.1 Å². The number of carbonyl (C=O) groups excluding carboxylic acids is 1. The molecule has 1 heterocycles. The zero-order chi connectivity index (χ0) is 20.0. The molecule has 0 spiro atoms. The van der Waals surface area contributed by atoms with Gasteiger partial charge in [-0.1, -0.05) is 24.3 Å².